The smallest absolute Gasteiger partial charge is 0.233 e. The lowest BCUT2D eigenvalue weighted by Gasteiger charge is -2.27. The molecule has 0 spiro atoms. The number of hydrogen-bond donors (Lipinski definition) is 2. The van der Waals surface area contributed by atoms with E-state index in [-0.39, 0.29) is 0 Å². The number of benzene rings is 1. The molecule has 146 valence electrons. The van der Waals surface area contributed by atoms with Gasteiger partial charge in [0.05, 0.1) is 32.1 Å². The lowest BCUT2D eigenvalue weighted by Crippen LogP contribution is -2.37. The zero-order valence-electron chi connectivity index (χ0n) is 15.7. The van der Waals surface area contributed by atoms with E-state index in [1.807, 2.05) is 18.2 Å². The fourth-order valence-electron chi connectivity index (χ4n) is 2.89. The van der Waals surface area contributed by atoms with E-state index in [0.29, 0.717) is 42.6 Å². The Balaban J connectivity index is 1.61. The van der Waals surface area contributed by atoms with Gasteiger partial charge in [0.2, 0.25) is 17.8 Å². The first-order valence-electron chi connectivity index (χ1n) is 8.87. The molecular weight excluding hydrogens is 362 g/mol. The molecule has 1 saturated heterocycles. The van der Waals surface area contributed by atoms with Crippen LogP contribution in [-0.4, -0.2) is 60.4 Å². The SMILES string of the molecule is CNc1nc(Nc2ccc(-c3cnco3)c(OC)c2)nc(N2CCOCC2)n1. The molecule has 1 aromatic carbocycles. The number of rotatable bonds is 6. The second-order valence-electron chi connectivity index (χ2n) is 6.04. The number of morpholine rings is 1. The molecule has 0 unspecified atom stereocenters. The van der Waals surface area contributed by atoms with Crippen molar-refractivity contribution in [1.29, 1.82) is 0 Å². The molecule has 1 aliphatic rings. The summed E-state index contributed by atoms with van der Waals surface area (Å²) in [6.07, 6.45) is 3.03. The largest absolute Gasteiger partial charge is 0.496 e. The Morgan fingerprint density at radius 3 is 2.64 bits per heavy atom. The van der Waals surface area contributed by atoms with E-state index >= 15 is 0 Å². The molecule has 2 N–H and O–H groups in total. The van der Waals surface area contributed by atoms with Gasteiger partial charge in [-0.25, -0.2) is 4.98 Å². The molecule has 2 aromatic heterocycles. The van der Waals surface area contributed by atoms with Gasteiger partial charge in [-0.1, -0.05) is 0 Å². The first kappa shape index (κ1) is 18.0. The van der Waals surface area contributed by atoms with E-state index < -0.39 is 0 Å². The topological polar surface area (TPSA) is 110 Å². The van der Waals surface area contributed by atoms with Crippen LogP contribution < -0.4 is 20.3 Å². The van der Waals surface area contributed by atoms with Crippen molar-refractivity contribution in [2.45, 2.75) is 0 Å². The monoisotopic (exact) mass is 383 g/mol. The summed E-state index contributed by atoms with van der Waals surface area (Å²) in [5.41, 5.74) is 1.59. The van der Waals surface area contributed by atoms with E-state index in [1.54, 1.807) is 20.4 Å². The number of aromatic nitrogens is 4. The van der Waals surface area contributed by atoms with Gasteiger partial charge in [0.25, 0.3) is 0 Å². The minimum absolute atomic E-state index is 0.440. The van der Waals surface area contributed by atoms with E-state index in [2.05, 4.69) is 35.5 Å². The second kappa shape index (κ2) is 8.09. The first-order valence-corrected chi connectivity index (χ1v) is 8.87. The van der Waals surface area contributed by atoms with Gasteiger partial charge in [0, 0.05) is 31.9 Å². The van der Waals surface area contributed by atoms with Crippen molar-refractivity contribution >= 4 is 23.5 Å². The molecule has 3 aromatic rings. The van der Waals surface area contributed by atoms with Crippen LogP contribution in [0.15, 0.2) is 35.2 Å². The van der Waals surface area contributed by atoms with E-state index in [4.69, 9.17) is 13.9 Å². The molecule has 0 bridgehead atoms. The maximum atomic E-state index is 5.50. The standard InChI is InChI=1S/C18H21N7O3/c1-19-16-22-17(24-18(23-16)25-5-7-27-8-6-25)21-12-3-4-13(14(9-12)26-2)15-10-20-11-28-15/h3-4,9-11H,5-8H2,1-2H3,(H2,19,21,22,23,24). The average Bonchev–Trinajstić information content (AvgIpc) is 3.28. The molecule has 10 nitrogen and oxygen atoms in total. The molecule has 4 rings (SSSR count). The lowest BCUT2D eigenvalue weighted by atomic mass is 10.1. The Hall–Kier alpha value is -3.40. The van der Waals surface area contributed by atoms with Gasteiger partial charge in [0.15, 0.2) is 12.2 Å². The van der Waals surface area contributed by atoms with Crippen molar-refractivity contribution < 1.29 is 13.9 Å². The summed E-state index contributed by atoms with van der Waals surface area (Å²) in [7, 11) is 3.38. The number of methoxy groups -OCH3 is 1. The summed E-state index contributed by atoms with van der Waals surface area (Å²) in [6, 6.07) is 5.65. The van der Waals surface area contributed by atoms with Crippen LogP contribution in [0.5, 0.6) is 5.75 Å². The molecule has 28 heavy (non-hydrogen) atoms. The summed E-state index contributed by atoms with van der Waals surface area (Å²) < 4.78 is 16.3. The van der Waals surface area contributed by atoms with E-state index in [0.717, 1.165) is 24.3 Å². The van der Waals surface area contributed by atoms with Crippen molar-refractivity contribution in [1.82, 2.24) is 19.9 Å². The van der Waals surface area contributed by atoms with Crippen LogP contribution in [-0.2, 0) is 4.74 Å². The van der Waals surface area contributed by atoms with Crippen LogP contribution in [0.25, 0.3) is 11.3 Å². The summed E-state index contributed by atoms with van der Waals surface area (Å²) in [6.45, 7) is 2.80. The Bertz CT molecular complexity index is 927. The third-order valence-corrected chi connectivity index (χ3v) is 4.30. The molecule has 0 aliphatic carbocycles. The van der Waals surface area contributed by atoms with Gasteiger partial charge in [-0.15, -0.1) is 0 Å². The van der Waals surface area contributed by atoms with Gasteiger partial charge in [-0.2, -0.15) is 15.0 Å². The Morgan fingerprint density at radius 2 is 1.93 bits per heavy atom. The summed E-state index contributed by atoms with van der Waals surface area (Å²) in [5.74, 6) is 2.82. The highest BCUT2D eigenvalue weighted by atomic mass is 16.5. The third-order valence-electron chi connectivity index (χ3n) is 4.30. The van der Waals surface area contributed by atoms with Crippen molar-refractivity contribution in [3.63, 3.8) is 0 Å². The quantitative estimate of drug-likeness (QED) is 0.657. The van der Waals surface area contributed by atoms with Crippen LogP contribution in [0, 0.1) is 0 Å². The molecule has 3 heterocycles. The van der Waals surface area contributed by atoms with Crippen LogP contribution in [0.4, 0.5) is 23.5 Å². The van der Waals surface area contributed by atoms with Crippen LogP contribution in [0.1, 0.15) is 0 Å². The zero-order valence-corrected chi connectivity index (χ0v) is 15.7. The van der Waals surface area contributed by atoms with E-state index in [1.165, 1.54) is 6.39 Å². The van der Waals surface area contributed by atoms with Crippen molar-refractivity contribution in [3.8, 4) is 17.1 Å². The molecule has 10 heteroatoms. The predicted molar refractivity (Wildman–Crippen MR) is 104 cm³/mol. The molecule has 1 fully saturated rings. The highest BCUT2D eigenvalue weighted by Crippen LogP contribution is 2.33. The summed E-state index contributed by atoms with van der Waals surface area (Å²) in [5, 5.41) is 6.20. The maximum Gasteiger partial charge on any atom is 0.233 e. The van der Waals surface area contributed by atoms with E-state index in [9.17, 15) is 0 Å². The normalized spacial score (nSPS) is 14.0. The molecule has 0 saturated carbocycles. The Kier molecular flexibility index (Phi) is 5.20. The van der Waals surface area contributed by atoms with Gasteiger partial charge in [-0.05, 0) is 12.1 Å². The average molecular weight is 383 g/mol. The summed E-state index contributed by atoms with van der Waals surface area (Å²) >= 11 is 0. The second-order valence-corrected chi connectivity index (χ2v) is 6.04. The van der Waals surface area contributed by atoms with Crippen LogP contribution >= 0.6 is 0 Å². The minimum Gasteiger partial charge on any atom is -0.496 e. The zero-order chi connectivity index (χ0) is 19.3. The number of nitrogens with zero attached hydrogens (tertiary/aromatic N) is 5. The Labute approximate surface area is 161 Å². The Morgan fingerprint density at radius 1 is 1.11 bits per heavy atom. The molecule has 0 atom stereocenters. The molecule has 1 aliphatic heterocycles. The number of hydrogen-bond acceptors (Lipinski definition) is 10. The molecule has 0 amide bonds. The summed E-state index contributed by atoms with van der Waals surface area (Å²) in [4.78, 5) is 19.4. The number of nitrogens with one attached hydrogen (secondary N) is 2. The van der Waals surface area contributed by atoms with Gasteiger partial charge < -0.3 is 29.4 Å². The molecular formula is C18H21N7O3. The predicted octanol–water partition coefficient (Wildman–Crippen LogP) is 2.16. The highest BCUT2D eigenvalue weighted by Gasteiger charge is 2.17. The van der Waals surface area contributed by atoms with Gasteiger partial charge in [-0.3, -0.25) is 0 Å². The lowest BCUT2D eigenvalue weighted by molar-refractivity contribution is 0.122. The van der Waals surface area contributed by atoms with Crippen molar-refractivity contribution in [2.24, 2.45) is 0 Å². The third kappa shape index (κ3) is 3.81. The first-order chi connectivity index (χ1) is 13.8. The minimum atomic E-state index is 0.440. The van der Waals surface area contributed by atoms with Gasteiger partial charge >= 0.3 is 0 Å². The molecule has 0 radical (unpaired) electrons. The van der Waals surface area contributed by atoms with Crippen molar-refractivity contribution in [3.05, 3.63) is 30.8 Å². The number of oxazole rings is 1. The fourth-order valence-corrected chi connectivity index (χ4v) is 2.89. The maximum absolute atomic E-state index is 5.50. The van der Waals surface area contributed by atoms with Crippen LogP contribution in [0.2, 0.25) is 0 Å². The van der Waals surface area contributed by atoms with Crippen molar-refractivity contribution in [2.75, 3.05) is 56.0 Å². The number of anilines is 4. The van der Waals surface area contributed by atoms with Gasteiger partial charge in [0.1, 0.15) is 5.75 Å². The van der Waals surface area contributed by atoms with Crippen LogP contribution in [0.3, 0.4) is 0 Å². The fraction of sp³-hybridized carbons (Fsp3) is 0.333. The number of ether oxygens (including phenoxy) is 2. The highest BCUT2D eigenvalue weighted by molar-refractivity contribution is 5.71.